The Hall–Kier alpha value is -3.30. The number of nitrogens with two attached hydrogens (primary N) is 1. The normalized spacial score (nSPS) is 11.8. The number of aromatic nitrogens is 3. The minimum Gasteiger partial charge on any atom is -0.496 e. The number of hydrogen-bond acceptors (Lipinski definition) is 7. The van der Waals surface area contributed by atoms with Crippen molar-refractivity contribution in [3.8, 4) is 17.1 Å². The lowest BCUT2D eigenvalue weighted by Crippen LogP contribution is -2.30. The van der Waals surface area contributed by atoms with Crippen molar-refractivity contribution in [2.45, 2.75) is 11.2 Å². The number of nitrogen functional groups attached to an aromatic ring is 1. The van der Waals surface area contributed by atoms with Gasteiger partial charge in [0.25, 0.3) is 0 Å². The molecule has 3 N–H and O–H groups in total. The average Bonchev–Trinajstić information content (AvgIpc) is 3.47. The number of ether oxygens (including phenoxy) is 1. The summed E-state index contributed by atoms with van der Waals surface area (Å²) in [7, 11) is 1.59. The van der Waals surface area contributed by atoms with Crippen LogP contribution in [0.3, 0.4) is 0 Å². The number of carbonyl (C=O) groups excluding carboxylic acids is 1. The smallest absolute Gasteiger partial charge is 0.231 e. The van der Waals surface area contributed by atoms with Crippen LogP contribution in [-0.2, 0) is 4.79 Å². The molecule has 0 aliphatic rings. The maximum atomic E-state index is 12.7. The van der Waals surface area contributed by atoms with Crippen molar-refractivity contribution < 1.29 is 9.53 Å². The lowest BCUT2D eigenvalue weighted by Gasteiger charge is -2.18. The predicted octanol–water partition coefficient (Wildman–Crippen LogP) is 3.73. The molecule has 7 nitrogen and oxygen atoms in total. The summed E-state index contributed by atoms with van der Waals surface area (Å²) in [5.41, 5.74) is 1.77. The topological polar surface area (TPSA) is 95.1 Å². The third-order valence-electron chi connectivity index (χ3n) is 4.61. The summed E-state index contributed by atoms with van der Waals surface area (Å²) in [6.45, 7) is 0. The molecule has 2 aromatic heterocycles. The first kappa shape index (κ1) is 21.0. The fourth-order valence-electron chi connectivity index (χ4n) is 3.14. The average molecular weight is 452 g/mol. The zero-order chi connectivity index (χ0) is 21.6. The van der Waals surface area contributed by atoms with E-state index in [4.69, 9.17) is 10.6 Å². The van der Waals surface area contributed by atoms with E-state index in [2.05, 4.69) is 15.5 Å². The van der Waals surface area contributed by atoms with Gasteiger partial charge in [-0.3, -0.25) is 4.79 Å². The van der Waals surface area contributed by atoms with Gasteiger partial charge in [-0.05, 0) is 29.1 Å². The van der Waals surface area contributed by atoms with Crippen molar-refractivity contribution >= 4 is 29.0 Å². The largest absolute Gasteiger partial charge is 0.496 e. The summed E-state index contributed by atoms with van der Waals surface area (Å²) >= 11 is 2.84. The highest BCUT2D eigenvalue weighted by Gasteiger charge is 2.20. The summed E-state index contributed by atoms with van der Waals surface area (Å²) in [4.78, 5) is 13.8. The minimum absolute atomic E-state index is 0.117. The molecule has 9 heteroatoms. The van der Waals surface area contributed by atoms with Crippen LogP contribution in [0.15, 0.2) is 77.3 Å². The molecule has 0 radical (unpaired) electrons. The van der Waals surface area contributed by atoms with Gasteiger partial charge >= 0.3 is 0 Å². The van der Waals surface area contributed by atoms with E-state index >= 15 is 0 Å². The first-order chi connectivity index (χ1) is 15.2. The first-order valence-corrected chi connectivity index (χ1v) is 11.4. The lowest BCUT2D eigenvalue weighted by atomic mass is 10.1. The molecule has 2 heterocycles. The molecule has 158 valence electrons. The molecule has 0 fully saturated rings. The summed E-state index contributed by atoms with van der Waals surface area (Å²) in [5.74, 6) is 7.37. The van der Waals surface area contributed by atoms with Gasteiger partial charge < -0.3 is 15.9 Å². The molecule has 0 aliphatic carbocycles. The van der Waals surface area contributed by atoms with Gasteiger partial charge in [0.1, 0.15) is 5.75 Å². The highest BCUT2D eigenvalue weighted by atomic mass is 32.2. The molecule has 0 saturated heterocycles. The van der Waals surface area contributed by atoms with E-state index in [0.29, 0.717) is 16.7 Å². The van der Waals surface area contributed by atoms with Gasteiger partial charge in [-0.1, -0.05) is 60.3 Å². The zero-order valence-electron chi connectivity index (χ0n) is 16.8. The number of benzene rings is 2. The van der Waals surface area contributed by atoms with Gasteiger partial charge in [-0.25, -0.2) is 4.68 Å². The molecule has 4 rings (SSSR count). The third-order valence-corrected chi connectivity index (χ3v) is 6.49. The second-order valence-electron chi connectivity index (χ2n) is 6.59. The van der Waals surface area contributed by atoms with Crippen LogP contribution in [0.2, 0.25) is 0 Å². The van der Waals surface area contributed by atoms with Crippen molar-refractivity contribution in [1.29, 1.82) is 0 Å². The van der Waals surface area contributed by atoms with E-state index in [1.807, 2.05) is 72.1 Å². The zero-order valence-corrected chi connectivity index (χ0v) is 18.4. The maximum Gasteiger partial charge on any atom is 0.231 e. The Labute approximate surface area is 188 Å². The van der Waals surface area contributed by atoms with Crippen molar-refractivity contribution in [2.24, 2.45) is 0 Å². The van der Waals surface area contributed by atoms with Crippen LogP contribution in [0.5, 0.6) is 5.75 Å². The van der Waals surface area contributed by atoms with Crippen LogP contribution in [0.25, 0.3) is 11.4 Å². The molecule has 0 spiro atoms. The minimum atomic E-state index is -0.200. The Morgan fingerprint density at radius 3 is 2.65 bits per heavy atom. The van der Waals surface area contributed by atoms with Crippen molar-refractivity contribution in [3.05, 3.63) is 82.6 Å². The van der Waals surface area contributed by atoms with Gasteiger partial charge in [0.2, 0.25) is 11.1 Å². The van der Waals surface area contributed by atoms with Crippen LogP contribution < -0.4 is 15.9 Å². The van der Waals surface area contributed by atoms with E-state index in [1.54, 1.807) is 18.4 Å². The second kappa shape index (κ2) is 9.67. The summed E-state index contributed by atoms with van der Waals surface area (Å²) < 4.78 is 6.76. The monoisotopic (exact) mass is 451 g/mol. The predicted molar refractivity (Wildman–Crippen MR) is 124 cm³/mol. The van der Waals surface area contributed by atoms with E-state index in [1.165, 1.54) is 16.4 Å². The Bertz CT molecular complexity index is 1150. The number of nitrogens with zero attached hydrogens (tertiary/aromatic N) is 3. The highest BCUT2D eigenvalue weighted by molar-refractivity contribution is 7.99. The van der Waals surface area contributed by atoms with E-state index in [0.717, 1.165) is 16.0 Å². The van der Waals surface area contributed by atoms with Gasteiger partial charge in [-0.15, -0.1) is 21.5 Å². The van der Waals surface area contributed by atoms with E-state index < -0.39 is 0 Å². The van der Waals surface area contributed by atoms with E-state index in [9.17, 15) is 4.79 Å². The molecule has 31 heavy (non-hydrogen) atoms. The number of rotatable bonds is 8. The maximum absolute atomic E-state index is 12.7. The van der Waals surface area contributed by atoms with Crippen molar-refractivity contribution in [3.63, 3.8) is 0 Å². The third kappa shape index (κ3) is 4.73. The molecule has 0 saturated carbocycles. The number of carbonyl (C=O) groups is 1. The quantitative estimate of drug-likeness (QED) is 0.313. The number of methoxy groups -OCH3 is 1. The lowest BCUT2D eigenvalue weighted by molar-refractivity contribution is -0.119. The SMILES string of the molecule is COc1ccccc1-c1nnc(SCC(=O)NC(c2ccccc2)c2cccs2)n1N. The van der Waals surface area contributed by atoms with Crippen LogP contribution >= 0.6 is 23.1 Å². The van der Waals surface area contributed by atoms with Crippen LogP contribution in [-0.4, -0.2) is 33.6 Å². The molecular weight excluding hydrogens is 430 g/mol. The Balaban J connectivity index is 1.46. The Morgan fingerprint density at radius 1 is 1.13 bits per heavy atom. The molecular formula is C22H21N5O2S2. The van der Waals surface area contributed by atoms with E-state index in [-0.39, 0.29) is 17.7 Å². The van der Waals surface area contributed by atoms with Crippen molar-refractivity contribution in [2.75, 3.05) is 18.7 Å². The number of thioether (sulfide) groups is 1. The molecule has 0 bridgehead atoms. The fraction of sp³-hybridized carbons (Fsp3) is 0.136. The molecule has 4 aromatic rings. The molecule has 1 unspecified atom stereocenters. The summed E-state index contributed by atoms with van der Waals surface area (Å²) in [5, 5.41) is 13.9. The highest BCUT2D eigenvalue weighted by Crippen LogP contribution is 2.30. The van der Waals surface area contributed by atoms with Crippen LogP contribution in [0, 0.1) is 0 Å². The number of para-hydroxylation sites is 1. The molecule has 1 amide bonds. The summed E-state index contributed by atoms with van der Waals surface area (Å²) in [6, 6.07) is 21.1. The second-order valence-corrected chi connectivity index (χ2v) is 8.51. The Morgan fingerprint density at radius 2 is 1.90 bits per heavy atom. The molecule has 1 atom stereocenters. The molecule has 2 aromatic carbocycles. The summed E-state index contributed by atoms with van der Waals surface area (Å²) in [6.07, 6.45) is 0. The Kier molecular flexibility index (Phi) is 6.54. The number of hydrogen-bond donors (Lipinski definition) is 2. The number of amides is 1. The van der Waals surface area contributed by atoms with Gasteiger partial charge in [0, 0.05) is 4.88 Å². The fourth-order valence-corrected chi connectivity index (χ4v) is 4.61. The van der Waals surface area contributed by atoms with Crippen LogP contribution in [0.4, 0.5) is 0 Å². The number of nitrogens with one attached hydrogen (secondary N) is 1. The molecule has 0 aliphatic heterocycles. The standard InChI is InChI=1S/C22H21N5O2S2/c1-29-17-11-6-5-10-16(17)21-25-26-22(27(21)23)31-14-19(28)24-20(18-12-7-13-30-18)15-8-3-2-4-9-15/h2-13,20H,14,23H2,1H3,(H,24,28). The van der Waals surface area contributed by atoms with Crippen molar-refractivity contribution in [1.82, 2.24) is 20.2 Å². The van der Waals surface area contributed by atoms with Gasteiger partial charge in [-0.2, -0.15) is 0 Å². The van der Waals surface area contributed by atoms with Gasteiger partial charge in [0.15, 0.2) is 5.82 Å². The van der Waals surface area contributed by atoms with Gasteiger partial charge in [0.05, 0.1) is 24.5 Å². The van der Waals surface area contributed by atoms with Crippen LogP contribution in [0.1, 0.15) is 16.5 Å². The first-order valence-electron chi connectivity index (χ1n) is 9.51. The number of thiophene rings is 1.